The van der Waals surface area contributed by atoms with Crippen LogP contribution >= 0.6 is 7.82 Å². The van der Waals surface area contributed by atoms with E-state index in [2.05, 4.69) is 135 Å². The first kappa shape index (κ1) is 59.9. The van der Waals surface area contributed by atoms with E-state index in [-0.39, 0.29) is 25.8 Å². The van der Waals surface area contributed by atoms with Crippen LogP contribution in [0.1, 0.15) is 155 Å². The third kappa shape index (κ3) is 49.8. The van der Waals surface area contributed by atoms with Gasteiger partial charge in [-0.15, -0.1) is 0 Å². The average Bonchev–Trinajstić information content (AvgIpc) is 3.24. The predicted molar refractivity (Wildman–Crippen MR) is 270 cm³/mol. The first-order chi connectivity index (χ1) is 30.6. The molecule has 0 heterocycles. The van der Waals surface area contributed by atoms with Crippen molar-refractivity contribution in [3.8, 4) is 0 Å². The second kappa shape index (κ2) is 45.5. The van der Waals surface area contributed by atoms with Crippen molar-refractivity contribution in [3.63, 3.8) is 0 Å². The Bertz CT molecular complexity index is 1410. The number of rotatable bonds is 43. The summed E-state index contributed by atoms with van der Waals surface area (Å²) in [6, 6.07) is 0. The molecule has 0 aliphatic rings. The molecule has 0 amide bonds. The van der Waals surface area contributed by atoms with E-state index < -0.39 is 13.9 Å². The minimum atomic E-state index is -4.30. The molecule has 0 rings (SSSR count). The van der Waals surface area contributed by atoms with Crippen molar-refractivity contribution in [2.45, 2.75) is 161 Å². The van der Waals surface area contributed by atoms with Crippen LogP contribution < -0.4 is 0 Å². The van der Waals surface area contributed by atoms with Gasteiger partial charge in [-0.1, -0.05) is 167 Å². The Morgan fingerprint density at radius 2 is 0.873 bits per heavy atom. The molecule has 0 aromatic carbocycles. The number of nitrogens with zero attached hydrogens (tertiary/aromatic N) is 1. The van der Waals surface area contributed by atoms with Gasteiger partial charge in [-0.2, -0.15) is 0 Å². The minimum absolute atomic E-state index is 0.0707. The maximum absolute atomic E-state index is 12.7. The fraction of sp³-hybridized carbons (Fsp3) is 0.611. The van der Waals surface area contributed by atoms with Crippen LogP contribution in [0.3, 0.4) is 0 Å². The van der Waals surface area contributed by atoms with E-state index in [1.807, 2.05) is 21.1 Å². The summed E-state index contributed by atoms with van der Waals surface area (Å²) in [4.78, 5) is 23.0. The molecule has 0 bridgehead atoms. The molecule has 358 valence electrons. The van der Waals surface area contributed by atoms with Crippen LogP contribution in [0.15, 0.2) is 122 Å². The van der Waals surface area contributed by atoms with Gasteiger partial charge < -0.3 is 18.9 Å². The Morgan fingerprint density at radius 3 is 1.30 bits per heavy atom. The third-order valence-electron chi connectivity index (χ3n) is 9.52. The van der Waals surface area contributed by atoms with Crippen molar-refractivity contribution in [3.05, 3.63) is 122 Å². The molecule has 0 aliphatic carbocycles. The van der Waals surface area contributed by atoms with Gasteiger partial charge in [-0.05, 0) is 103 Å². The highest BCUT2D eigenvalue weighted by Gasteiger charge is 2.26. The second-order valence-electron chi connectivity index (χ2n) is 16.7. The Morgan fingerprint density at radius 1 is 0.492 bits per heavy atom. The Labute approximate surface area is 386 Å². The molecule has 0 aromatic rings. The number of esters is 1. The molecule has 2 atom stereocenters. The van der Waals surface area contributed by atoms with Gasteiger partial charge >= 0.3 is 13.8 Å². The van der Waals surface area contributed by atoms with Gasteiger partial charge in [0.2, 0.25) is 0 Å². The van der Waals surface area contributed by atoms with E-state index in [1.54, 1.807) is 0 Å². The molecule has 9 heteroatoms. The van der Waals surface area contributed by atoms with Crippen molar-refractivity contribution in [2.75, 3.05) is 54.1 Å². The number of hydrogen-bond acceptors (Lipinski definition) is 6. The molecule has 0 saturated carbocycles. The van der Waals surface area contributed by atoms with Crippen molar-refractivity contribution in [1.29, 1.82) is 0 Å². The molecule has 0 saturated heterocycles. The number of likely N-dealkylation sites (N-methyl/N-ethyl adjacent to an activating group) is 1. The normalized spacial score (nSPS) is 14.7. The second-order valence-corrected chi connectivity index (χ2v) is 18.2. The molecule has 8 nitrogen and oxygen atoms in total. The van der Waals surface area contributed by atoms with Gasteiger partial charge in [0.25, 0.3) is 0 Å². The van der Waals surface area contributed by atoms with Crippen LogP contribution in [0, 0.1) is 0 Å². The van der Waals surface area contributed by atoms with Gasteiger partial charge in [0.05, 0.1) is 34.4 Å². The summed E-state index contributed by atoms with van der Waals surface area (Å²) < 4.78 is 35.0. The lowest BCUT2D eigenvalue weighted by atomic mass is 10.1. The highest BCUT2D eigenvalue weighted by atomic mass is 31.2. The first-order valence-corrected chi connectivity index (χ1v) is 25.8. The Hall–Kier alpha value is -3.10. The molecule has 0 fully saturated rings. The summed E-state index contributed by atoms with van der Waals surface area (Å²) in [6.45, 7) is 5.25. The Balaban J connectivity index is 4.32. The van der Waals surface area contributed by atoms with Gasteiger partial charge in [-0.25, -0.2) is 4.57 Å². The summed E-state index contributed by atoms with van der Waals surface area (Å²) in [5.74, 6) is -0.346. The van der Waals surface area contributed by atoms with Crippen LogP contribution in [-0.2, 0) is 27.9 Å². The number of quaternary nitrogens is 1. The fourth-order valence-electron chi connectivity index (χ4n) is 5.84. The first-order valence-electron chi connectivity index (χ1n) is 24.3. The van der Waals surface area contributed by atoms with Gasteiger partial charge in [0.1, 0.15) is 19.3 Å². The summed E-state index contributed by atoms with van der Waals surface area (Å²) >= 11 is 0. The smallest absolute Gasteiger partial charge is 0.457 e. The average molecular weight is 897 g/mol. The Kier molecular flexibility index (Phi) is 43.2. The van der Waals surface area contributed by atoms with Crippen LogP contribution in [0.2, 0.25) is 0 Å². The molecule has 1 N–H and O–H groups in total. The zero-order chi connectivity index (χ0) is 46.2. The number of carbonyl (C=O) groups is 1. The summed E-state index contributed by atoms with van der Waals surface area (Å²) in [5, 5.41) is 0. The zero-order valence-electron chi connectivity index (χ0n) is 40.5. The maximum Gasteiger partial charge on any atom is 0.472 e. The topological polar surface area (TPSA) is 91.3 Å². The molecule has 0 spiro atoms. The van der Waals surface area contributed by atoms with E-state index in [1.165, 1.54) is 12.8 Å². The molecular formula is C54H91NO7P+. The minimum Gasteiger partial charge on any atom is -0.457 e. The van der Waals surface area contributed by atoms with E-state index >= 15 is 0 Å². The number of ether oxygens (including phenoxy) is 2. The number of phosphoric acid groups is 1. The van der Waals surface area contributed by atoms with Crippen molar-refractivity contribution >= 4 is 13.8 Å². The lowest BCUT2D eigenvalue weighted by Crippen LogP contribution is -2.37. The lowest BCUT2D eigenvalue weighted by Gasteiger charge is -2.24. The molecule has 0 aliphatic heterocycles. The number of carbonyl (C=O) groups excluding carboxylic acids is 1. The lowest BCUT2D eigenvalue weighted by molar-refractivity contribution is -0.870. The van der Waals surface area contributed by atoms with E-state index in [0.717, 1.165) is 122 Å². The molecule has 63 heavy (non-hydrogen) atoms. The molecular weight excluding hydrogens is 806 g/mol. The van der Waals surface area contributed by atoms with Gasteiger partial charge in [-0.3, -0.25) is 13.8 Å². The van der Waals surface area contributed by atoms with E-state index in [4.69, 9.17) is 18.5 Å². The fourth-order valence-corrected chi connectivity index (χ4v) is 6.58. The van der Waals surface area contributed by atoms with Crippen LogP contribution in [0.4, 0.5) is 0 Å². The van der Waals surface area contributed by atoms with E-state index in [0.29, 0.717) is 24.1 Å². The number of phosphoric ester groups is 1. The quantitative estimate of drug-likeness (QED) is 0.0214. The van der Waals surface area contributed by atoms with Gasteiger partial charge in [0, 0.05) is 13.0 Å². The predicted octanol–water partition coefficient (Wildman–Crippen LogP) is 14.9. The number of unbranched alkanes of at least 4 members (excludes halogenated alkanes) is 9. The van der Waals surface area contributed by atoms with Crippen molar-refractivity contribution in [2.24, 2.45) is 0 Å². The molecule has 0 aromatic heterocycles. The standard InChI is InChI=1S/C54H90NO7P/c1-6-8-10-12-14-16-18-20-22-24-26-27-28-30-32-34-36-38-40-42-44-46-49-59-51-53(52-61-63(57,58)60-50-48-55(3,4)5)62-54(56)47-45-43-41-39-37-35-33-31-29-25-23-21-19-17-15-13-11-9-7-2/h8-11,14-17,20-23,26-27,29-32,36,38,53H,6-7,12-13,18-19,24-25,28,33-35,37,39-52H2,1-5H3/p+1/b10-8-,11-9-,16-14-,17-15-,22-20-,23-21-,27-26-,31-29-,32-30-,38-36-. The highest BCUT2D eigenvalue weighted by Crippen LogP contribution is 2.43. The van der Waals surface area contributed by atoms with Crippen LogP contribution in [0.25, 0.3) is 0 Å². The number of hydrogen-bond donors (Lipinski definition) is 1. The molecule has 2 unspecified atom stereocenters. The summed E-state index contributed by atoms with van der Waals surface area (Å²) in [5.41, 5.74) is 0. The third-order valence-corrected chi connectivity index (χ3v) is 10.5. The van der Waals surface area contributed by atoms with Gasteiger partial charge in [0.15, 0.2) is 0 Å². The maximum atomic E-state index is 12.7. The van der Waals surface area contributed by atoms with Crippen molar-refractivity contribution in [1.82, 2.24) is 0 Å². The monoisotopic (exact) mass is 897 g/mol. The summed E-state index contributed by atoms with van der Waals surface area (Å²) in [6.07, 6.45) is 65.3. The van der Waals surface area contributed by atoms with Crippen LogP contribution in [0.5, 0.6) is 0 Å². The zero-order valence-corrected chi connectivity index (χ0v) is 41.4. The largest absolute Gasteiger partial charge is 0.472 e. The van der Waals surface area contributed by atoms with Crippen LogP contribution in [-0.4, -0.2) is 75.6 Å². The van der Waals surface area contributed by atoms with Crippen molar-refractivity contribution < 1.29 is 37.3 Å². The summed E-state index contributed by atoms with van der Waals surface area (Å²) in [7, 11) is 1.61. The highest BCUT2D eigenvalue weighted by molar-refractivity contribution is 7.47. The number of allylic oxidation sites excluding steroid dienone is 20. The molecule has 0 radical (unpaired) electrons. The van der Waals surface area contributed by atoms with E-state index in [9.17, 15) is 14.3 Å². The SMILES string of the molecule is CC/C=C\C/C=C\C/C=C\C/C=C\C/C=C\C/C=C\CCCCCOCC(COP(=O)(O)OCC[N+](C)(C)C)OC(=O)CCCCCCCC/C=C\C/C=C\C/C=C\C/C=C\CC.